The van der Waals surface area contributed by atoms with Gasteiger partial charge < -0.3 is 15.8 Å². The fourth-order valence-electron chi connectivity index (χ4n) is 1.16. The predicted molar refractivity (Wildman–Crippen MR) is 60.7 cm³/mol. The van der Waals surface area contributed by atoms with Gasteiger partial charge in [0.05, 0.1) is 11.8 Å². The van der Waals surface area contributed by atoms with E-state index in [1.165, 1.54) is 0 Å². The zero-order valence-corrected chi connectivity index (χ0v) is 8.79. The van der Waals surface area contributed by atoms with Gasteiger partial charge in [-0.15, -0.1) is 0 Å². The Kier molecular flexibility index (Phi) is 4.30. The Balaban J connectivity index is 0.000000245. The van der Waals surface area contributed by atoms with Crippen LogP contribution in [0.2, 0.25) is 0 Å². The average Bonchev–Trinajstić information content (AvgIpc) is 2.29. The second kappa shape index (κ2) is 5.76. The van der Waals surface area contributed by atoms with E-state index in [0.717, 1.165) is 30.3 Å². The molecule has 1 aliphatic rings. The number of nitrogens with two attached hydrogens (primary N) is 1. The summed E-state index contributed by atoms with van der Waals surface area (Å²) in [6, 6.07) is 7.54. The lowest BCUT2D eigenvalue weighted by atomic mass is 10.2. The molecule has 4 heteroatoms. The third kappa shape index (κ3) is 3.39. The number of hydrogen-bond acceptors (Lipinski definition) is 4. The fraction of sp³-hybridized carbons (Fsp3) is 0.364. The molecule has 4 nitrogen and oxygen atoms in total. The highest BCUT2D eigenvalue weighted by molar-refractivity contribution is 5.64. The molecule has 0 unspecified atom stereocenters. The maximum Gasteiger partial charge on any atom is 0.142 e. The van der Waals surface area contributed by atoms with E-state index in [-0.39, 0.29) is 0 Å². The van der Waals surface area contributed by atoms with Crippen LogP contribution in [0.5, 0.6) is 5.75 Å². The van der Waals surface area contributed by atoms with Gasteiger partial charge >= 0.3 is 0 Å². The smallest absolute Gasteiger partial charge is 0.142 e. The molecular weight excluding hydrogens is 190 g/mol. The maximum absolute atomic E-state index is 7.62. The average molecular weight is 205 g/mol. The zero-order valence-electron chi connectivity index (χ0n) is 8.79. The van der Waals surface area contributed by atoms with Gasteiger partial charge in [-0.3, -0.25) is 0 Å². The van der Waals surface area contributed by atoms with Crippen molar-refractivity contribution in [2.24, 2.45) is 0 Å². The molecule has 1 aromatic rings. The second-order valence-electron chi connectivity index (χ2n) is 3.04. The van der Waals surface area contributed by atoms with Gasteiger partial charge in [-0.25, -0.2) is 0 Å². The van der Waals surface area contributed by atoms with Gasteiger partial charge in [-0.05, 0) is 18.2 Å². The van der Waals surface area contributed by atoms with Crippen molar-refractivity contribution in [2.45, 2.75) is 13.3 Å². The standard InChI is InChI=1S/C8H10N2O.C3H5N/c9-6-1-2-8-7(5-6)10-3-4-11-8;1-2-3-4/h1-2,5,10H,3-4,9H2;2H2,1H3. The minimum atomic E-state index is 0.625. The summed E-state index contributed by atoms with van der Waals surface area (Å²) in [6.45, 7) is 3.41. The number of rotatable bonds is 0. The normalized spacial score (nSPS) is 12.0. The van der Waals surface area contributed by atoms with E-state index in [9.17, 15) is 0 Å². The minimum absolute atomic E-state index is 0.625. The van der Waals surface area contributed by atoms with Crippen LogP contribution in [0.25, 0.3) is 0 Å². The number of fused-ring (bicyclic) bond motifs is 1. The van der Waals surface area contributed by atoms with Gasteiger partial charge in [-0.2, -0.15) is 5.26 Å². The second-order valence-corrected chi connectivity index (χ2v) is 3.04. The quantitative estimate of drug-likeness (QED) is 0.635. The van der Waals surface area contributed by atoms with Crippen molar-refractivity contribution in [3.8, 4) is 11.8 Å². The highest BCUT2D eigenvalue weighted by Crippen LogP contribution is 2.28. The van der Waals surface area contributed by atoms with Crippen LogP contribution in [-0.2, 0) is 0 Å². The monoisotopic (exact) mass is 205 g/mol. The summed E-state index contributed by atoms with van der Waals surface area (Å²) >= 11 is 0. The summed E-state index contributed by atoms with van der Waals surface area (Å²) in [4.78, 5) is 0. The maximum atomic E-state index is 7.62. The van der Waals surface area contributed by atoms with Crippen LogP contribution in [0.4, 0.5) is 11.4 Å². The van der Waals surface area contributed by atoms with Gasteiger partial charge in [0.15, 0.2) is 0 Å². The van der Waals surface area contributed by atoms with Crippen LogP contribution in [0.1, 0.15) is 13.3 Å². The van der Waals surface area contributed by atoms with E-state index in [2.05, 4.69) is 5.32 Å². The third-order valence-electron chi connectivity index (χ3n) is 1.84. The lowest BCUT2D eigenvalue weighted by Gasteiger charge is -2.18. The molecule has 0 atom stereocenters. The van der Waals surface area contributed by atoms with Crippen molar-refractivity contribution in [3.05, 3.63) is 18.2 Å². The molecule has 0 saturated heterocycles. The number of hydrogen-bond donors (Lipinski definition) is 2. The topological polar surface area (TPSA) is 71.1 Å². The molecule has 0 fully saturated rings. The summed E-state index contributed by atoms with van der Waals surface area (Å²) in [6.07, 6.45) is 0.625. The first-order chi connectivity index (χ1) is 7.27. The molecule has 0 aliphatic carbocycles. The van der Waals surface area contributed by atoms with Crippen molar-refractivity contribution in [2.75, 3.05) is 24.2 Å². The van der Waals surface area contributed by atoms with Crippen LogP contribution in [0, 0.1) is 11.3 Å². The lowest BCUT2D eigenvalue weighted by molar-refractivity contribution is 0.323. The first-order valence-corrected chi connectivity index (χ1v) is 4.91. The van der Waals surface area contributed by atoms with Crippen LogP contribution in [0.15, 0.2) is 18.2 Å². The molecule has 0 amide bonds. The first-order valence-electron chi connectivity index (χ1n) is 4.91. The Hall–Kier alpha value is -1.89. The molecular formula is C11H15N3O. The van der Waals surface area contributed by atoms with Gasteiger partial charge in [-0.1, -0.05) is 6.92 Å². The zero-order chi connectivity index (χ0) is 11.1. The van der Waals surface area contributed by atoms with Crippen LogP contribution in [-0.4, -0.2) is 13.2 Å². The van der Waals surface area contributed by atoms with Crippen molar-refractivity contribution in [1.29, 1.82) is 5.26 Å². The largest absolute Gasteiger partial charge is 0.490 e. The predicted octanol–water partition coefficient (Wildman–Crippen LogP) is 1.99. The Morgan fingerprint density at radius 3 is 3.00 bits per heavy atom. The molecule has 3 N–H and O–H groups in total. The molecule has 0 bridgehead atoms. The van der Waals surface area contributed by atoms with E-state index in [0.29, 0.717) is 6.42 Å². The van der Waals surface area contributed by atoms with Gasteiger partial charge in [0.25, 0.3) is 0 Å². The van der Waals surface area contributed by atoms with E-state index < -0.39 is 0 Å². The Labute approximate surface area is 89.7 Å². The number of anilines is 2. The number of nitrogens with one attached hydrogen (secondary N) is 1. The summed E-state index contributed by atoms with van der Waals surface area (Å²) in [7, 11) is 0. The van der Waals surface area contributed by atoms with Crippen LogP contribution < -0.4 is 15.8 Å². The molecule has 0 aromatic heterocycles. The van der Waals surface area contributed by atoms with Crippen molar-refractivity contribution in [3.63, 3.8) is 0 Å². The number of benzene rings is 1. The summed E-state index contributed by atoms with van der Waals surface area (Å²) in [5.41, 5.74) is 7.35. The van der Waals surface area contributed by atoms with Gasteiger partial charge in [0, 0.05) is 18.7 Å². The number of nitriles is 1. The third-order valence-corrected chi connectivity index (χ3v) is 1.84. The van der Waals surface area contributed by atoms with Gasteiger partial charge in [0.1, 0.15) is 12.4 Å². The van der Waals surface area contributed by atoms with Crippen LogP contribution >= 0.6 is 0 Å². The summed E-state index contributed by atoms with van der Waals surface area (Å²) < 4.78 is 5.36. The number of nitrogen functional groups attached to an aromatic ring is 1. The Bertz CT molecular complexity index is 357. The first kappa shape index (κ1) is 11.2. The molecule has 80 valence electrons. The minimum Gasteiger partial charge on any atom is -0.490 e. The fourth-order valence-corrected chi connectivity index (χ4v) is 1.16. The molecule has 15 heavy (non-hydrogen) atoms. The highest BCUT2D eigenvalue weighted by atomic mass is 16.5. The van der Waals surface area contributed by atoms with Crippen LogP contribution in [0.3, 0.4) is 0 Å². The summed E-state index contributed by atoms with van der Waals surface area (Å²) in [5, 5.41) is 10.8. The number of nitrogens with zero attached hydrogens (tertiary/aromatic N) is 1. The van der Waals surface area contributed by atoms with Gasteiger partial charge in [0.2, 0.25) is 0 Å². The van der Waals surface area contributed by atoms with E-state index in [1.54, 1.807) is 0 Å². The van der Waals surface area contributed by atoms with Crippen molar-refractivity contribution < 1.29 is 4.74 Å². The Morgan fingerprint density at radius 1 is 1.60 bits per heavy atom. The molecule has 0 saturated carbocycles. The molecule has 0 radical (unpaired) electrons. The van der Waals surface area contributed by atoms with Crippen molar-refractivity contribution in [1.82, 2.24) is 0 Å². The van der Waals surface area contributed by atoms with E-state index in [4.69, 9.17) is 15.7 Å². The van der Waals surface area contributed by atoms with Crippen molar-refractivity contribution >= 4 is 11.4 Å². The molecule has 0 spiro atoms. The lowest BCUT2D eigenvalue weighted by Crippen LogP contribution is -2.17. The SMILES string of the molecule is CCC#N.Nc1ccc2c(c1)NCCO2. The summed E-state index contributed by atoms with van der Waals surface area (Å²) in [5.74, 6) is 0.894. The van der Waals surface area contributed by atoms with E-state index >= 15 is 0 Å². The van der Waals surface area contributed by atoms with E-state index in [1.807, 2.05) is 31.2 Å². The highest BCUT2D eigenvalue weighted by Gasteiger charge is 2.07. The molecule has 1 aliphatic heterocycles. The Morgan fingerprint density at radius 2 is 2.33 bits per heavy atom. The molecule has 1 aromatic carbocycles. The molecule has 2 rings (SSSR count). The molecule has 1 heterocycles. The number of ether oxygens (including phenoxy) is 1.